The number of fused-ring (bicyclic) bond motifs is 3. The van der Waals surface area contributed by atoms with Crippen LogP contribution in [0.1, 0.15) is 83.9 Å². The predicted molar refractivity (Wildman–Crippen MR) is 145 cm³/mol. The topological polar surface area (TPSA) is 120 Å². The molecule has 1 saturated carbocycles. The first-order valence-electron chi connectivity index (χ1n) is 13.1. The van der Waals surface area contributed by atoms with E-state index in [0.717, 1.165) is 71.4 Å². The third-order valence-corrected chi connectivity index (χ3v) is 7.18. The Hall–Kier alpha value is -3.13. The quantitative estimate of drug-likeness (QED) is 0.510. The number of hydrogen-bond acceptors (Lipinski definition) is 7. The highest BCUT2D eigenvalue weighted by Crippen LogP contribution is 2.48. The van der Waals surface area contributed by atoms with E-state index in [1.165, 1.54) is 6.33 Å². The summed E-state index contributed by atoms with van der Waals surface area (Å²) in [6, 6.07) is 4.15. The molecule has 2 aromatic rings. The lowest BCUT2D eigenvalue weighted by Gasteiger charge is -2.36. The highest BCUT2D eigenvalue weighted by atomic mass is 16.6. The van der Waals surface area contributed by atoms with Gasteiger partial charge in [-0.3, -0.25) is 0 Å². The number of carbonyl (C=O) groups is 1. The molecule has 0 atom stereocenters. The molecular weight excluding hydrogens is 468 g/mol. The number of nitrogens with two attached hydrogens (primary N) is 1. The summed E-state index contributed by atoms with van der Waals surface area (Å²) in [6.45, 7) is 11.9. The third-order valence-electron chi connectivity index (χ3n) is 7.18. The number of aliphatic hydroxyl groups excluding tert-OH is 1. The van der Waals surface area contributed by atoms with Crippen LogP contribution in [0.4, 0.5) is 10.6 Å². The molecule has 2 aliphatic rings. The van der Waals surface area contributed by atoms with E-state index >= 15 is 0 Å². The highest BCUT2D eigenvalue weighted by Gasteiger charge is 2.37. The summed E-state index contributed by atoms with van der Waals surface area (Å²) in [5, 5.41) is 12.7. The molecule has 2 aliphatic carbocycles. The molecule has 200 valence electrons. The fourth-order valence-electron chi connectivity index (χ4n) is 5.58. The van der Waals surface area contributed by atoms with E-state index in [-0.39, 0.29) is 30.3 Å². The van der Waals surface area contributed by atoms with E-state index in [1.807, 2.05) is 39.8 Å². The van der Waals surface area contributed by atoms with Crippen LogP contribution in [-0.2, 0) is 16.6 Å². The number of rotatable bonds is 5. The maximum atomic E-state index is 12.2. The molecule has 1 aromatic heterocycles. The number of nitrogen functional groups attached to an aromatic ring is 1. The van der Waals surface area contributed by atoms with Gasteiger partial charge in [-0.15, -0.1) is 0 Å². The number of nitrogens with zero attached hydrogens (tertiary/aromatic N) is 2. The minimum atomic E-state index is -0.514. The Labute approximate surface area is 219 Å². The largest absolute Gasteiger partial charge is 0.490 e. The van der Waals surface area contributed by atoms with Crippen LogP contribution in [-0.4, -0.2) is 45.5 Å². The summed E-state index contributed by atoms with van der Waals surface area (Å²) in [5.74, 6) is 1.33. The van der Waals surface area contributed by atoms with Crippen molar-refractivity contribution in [2.75, 3.05) is 12.3 Å². The minimum Gasteiger partial charge on any atom is -0.490 e. The van der Waals surface area contributed by atoms with Crippen molar-refractivity contribution in [2.24, 2.45) is 0 Å². The van der Waals surface area contributed by atoms with Crippen LogP contribution in [0.15, 0.2) is 24.5 Å². The van der Waals surface area contributed by atoms with Crippen LogP contribution in [0.25, 0.3) is 16.8 Å². The molecule has 0 spiro atoms. The number of carbonyl (C=O) groups excluding carboxylic acids is 1. The molecule has 0 radical (unpaired) electrons. The van der Waals surface area contributed by atoms with E-state index < -0.39 is 5.60 Å². The van der Waals surface area contributed by atoms with Gasteiger partial charge >= 0.3 is 6.09 Å². The van der Waals surface area contributed by atoms with Crippen LogP contribution >= 0.6 is 0 Å². The van der Waals surface area contributed by atoms with Crippen molar-refractivity contribution in [3.05, 3.63) is 41.2 Å². The van der Waals surface area contributed by atoms with Gasteiger partial charge in [0.25, 0.3) is 0 Å². The normalized spacial score (nSPS) is 21.0. The van der Waals surface area contributed by atoms with Gasteiger partial charge in [-0.05, 0) is 88.5 Å². The third kappa shape index (κ3) is 5.90. The number of benzene rings is 1. The number of allylic oxidation sites excluding steroid dienone is 1. The smallest absolute Gasteiger partial charge is 0.407 e. The van der Waals surface area contributed by atoms with Crippen molar-refractivity contribution in [1.82, 2.24) is 15.3 Å². The molecule has 0 unspecified atom stereocenters. The predicted octanol–water partition coefficient (Wildman–Crippen LogP) is 5.17. The monoisotopic (exact) mass is 508 g/mol. The van der Waals surface area contributed by atoms with Crippen molar-refractivity contribution in [3.63, 3.8) is 0 Å². The van der Waals surface area contributed by atoms with Crippen LogP contribution in [0.5, 0.6) is 5.75 Å². The standard InChI is InChI=1S/C29H40N4O4/c1-17(13-14-34)23-21-15-29(5,6)24-25(31-16-32-26(24)30)20(21)11-12-22(23)36-19-9-7-18(8-10-19)33-27(35)37-28(2,3)4/h11-13,16,18-19,34H,7-10,14-15H2,1-6H3,(H,33,35)(H2,30,31,32)/b17-13+. The summed E-state index contributed by atoms with van der Waals surface area (Å²) in [4.78, 5) is 21.0. The van der Waals surface area contributed by atoms with Crippen molar-refractivity contribution >= 4 is 17.5 Å². The van der Waals surface area contributed by atoms with Gasteiger partial charge in [0.2, 0.25) is 0 Å². The first-order valence-corrected chi connectivity index (χ1v) is 13.1. The Morgan fingerprint density at radius 3 is 2.57 bits per heavy atom. The Balaban J connectivity index is 1.59. The lowest BCUT2D eigenvalue weighted by molar-refractivity contribution is 0.0470. The number of alkyl carbamates (subject to hydrolysis) is 1. The van der Waals surface area contributed by atoms with Crippen molar-refractivity contribution < 1.29 is 19.4 Å². The molecule has 8 heteroatoms. The van der Waals surface area contributed by atoms with Gasteiger partial charge in [-0.2, -0.15) is 0 Å². The molecule has 0 bridgehead atoms. The van der Waals surface area contributed by atoms with Crippen LogP contribution in [0.3, 0.4) is 0 Å². The summed E-state index contributed by atoms with van der Waals surface area (Å²) >= 11 is 0. The van der Waals surface area contributed by atoms with Gasteiger partial charge in [0, 0.05) is 22.7 Å². The lowest BCUT2D eigenvalue weighted by atomic mass is 9.70. The minimum absolute atomic E-state index is 0.0391. The van der Waals surface area contributed by atoms with Crippen LogP contribution in [0, 0.1) is 0 Å². The number of ether oxygens (including phenoxy) is 2. The lowest BCUT2D eigenvalue weighted by Crippen LogP contribution is -2.42. The molecule has 4 rings (SSSR count). The Bertz CT molecular complexity index is 1190. The molecular formula is C29H40N4O4. The number of aromatic nitrogens is 2. The van der Waals surface area contributed by atoms with E-state index in [2.05, 4.69) is 35.2 Å². The van der Waals surface area contributed by atoms with Gasteiger partial charge < -0.3 is 25.6 Å². The molecule has 1 amide bonds. The molecule has 1 heterocycles. The van der Waals surface area contributed by atoms with Crippen LogP contribution in [0.2, 0.25) is 0 Å². The second-order valence-corrected chi connectivity index (χ2v) is 11.8. The van der Waals surface area contributed by atoms with E-state index in [4.69, 9.17) is 15.2 Å². The maximum absolute atomic E-state index is 12.2. The molecule has 1 aromatic carbocycles. The van der Waals surface area contributed by atoms with Crippen molar-refractivity contribution in [3.8, 4) is 17.0 Å². The number of amides is 1. The fraction of sp³-hybridized carbons (Fsp3) is 0.552. The second-order valence-electron chi connectivity index (χ2n) is 11.8. The molecule has 8 nitrogen and oxygen atoms in total. The first-order chi connectivity index (χ1) is 17.4. The highest BCUT2D eigenvalue weighted by molar-refractivity contribution is 5.84. The fourth-order valence-corrected chi connectivity index (χ4v) is 5.58. The Morgan fingerprint density at radius 1 is 1.22 bits per heavy atom. The van der Waals surface area contributed by atoms with Gasteiger partial charge in [-0.1, -0.05) is 19.9 Å². The van der Waals surface area contributed by atoms with Gasteiger partial charge in [0.15, 0.2) is 0 Å². The molecule has 0 saturated heterocycles. The van der Waals surface area contributed by atoms with E-state index in [9.17, 15) is 9.90 Å². The van der Waals surface area contributed by atoms with Gasteiger partial charge in [0.05, 0.1) is 18.4 Å². The van der Waals surface area contributed by atoms with Gasteiger partial charge in [-0.25, -0.2) is 14.8 Å². The average Bonchev–Trinajstić information content (AvgIpc) is 2.78. The Kier molecular flexibility index (Phi) is 7.51. The average molecular weight is 509 g/mol. The zero-order valence-electron chi connectivity index (χ0n) is 22.9. The summed E-state index contributed by atoms with van der Waals surface area (Å²) < 4.78 is 12.0. The van der Waals surface area contributed by atoms with Crippen molar-refractivity contribution in [2.45, 2.75) is 96.8 Å². The molecule has 0 aliphatic heterocycles. The maximum Gasteiger partial charge on any atom is 0.407 e. The molecule has 1 fully saturated rings. The van der Waals surface area contributed by atoms with Crippen molar-refractivity contribution in [1.29, 1.82) is 0 Å². The number of aliphatic hydroxyl groups is 1. The zero-order chi connectivity index (χ0) is 27.0. The SMILES string of the molecule is C/C(=C\CO)c1c(OC2CCC(NC(=O)OC(C)(C)C)CC2)ccc2c1CC(C)(C)c1c(N)ncnc1-2. The zero-order valence-corrected chi connectivity index (χ0v) is 22.9. The summed E-state index contributed by atoms with van der Waals surface area (Å²) in [6.07, 6.45) is 7.07. The number of nitrogens with one attached hydrogen (secondary N) is 1. The number of anilines is 1. The summed E-state index contributed by atoms with van der Waals surface area (Å²) in [5.41, 5.74) is 11.5. The molecule has 37 heavy (non-hydrogen) atoms. The van der Waals surface area contributed by atoms with E-state index in [1.54, 1.807) is 0 Å². The first kappa shape index (κ1) is 26.9. The van der Waals surface area contributed by atoms with E-state index in [0.29, 0.717) is 5.82 Å². The number of hydrogen-bond donors (Lipinski definition) is 3. The Morgan fingerprint density at radius 2 is 1.92 bits per heavy atom. The second kappa shape index (κ2) is 10.3. The van der Waals surface area contributed by atoms with Crippen LogP contribution < -0.4 is 15.8 Å². The van der Waals surface area contributed by atoms with Gasteiger partial charge in [0.1, 0.15) is 23.5 Å². The molecule has 4 N–H and O–H groups in total. The summed E-state index contributed by atoms with van der Waals surface area (Å²) in [7, 11) is 0.